The number of anilines is 1. The van der Waals surface area contributed by atoms with Crippen LogP contribution in [0.1, 0.15) is 27.2 Å². The molecule has 0 N–H and O–H groups in total. The van der Waals surface area contributed by atoms with Gasteiger partial charge < -0.3 is 4.42 Å². The van der Waals surface area contributed by atoms with Gasteiger partial charge in [-0.05, 0) is 66.1 Å². The smallest absolute Gasteiger partial charge is 0.260 e. The Bertz CT molecular complexity index is 1370. The molecule has 0 atom stereocenters. The summed E-state index contributed by atoms with van der Waals surface area (Å²) >= 11 is 1.53. The predicted molar refractivity (Wildman–Crippen MR) is 122 cm³/mol. The highest BCUT2D eigenvalue weighted by molar-refractivity contribution is 7.22. The van der Waals surface area contributed by atoms with Crippen LogP contribution in [-0.2, 0) is 6.54 Å². The number of furan rings is 1. The van der Waals surface area contributed by atoms with Crippen molar-refractivity contribution in [2.24, 2.45) is 0 Å². The summed E-state index contributed by atoms with van der Waals surface area (Å²) in [6.07, 6.45) is 1.62. The second-order valence-corrected chi connectivity index (χ2v) is 8.39. The number of fused-ring (bicyclic) bond motifs is 2. The van der Waals surface area contributed by atoms with E-state index in [1.807, 2.05) is 54.6 Å². The van der Waals surface area contributed by atoms with Crippen LogP contribution in [-0.4, -0.2) is 10.9 Å². The molecule has 30 heavy (non-hydrogen) atoms. The predicted octanol–water partition coefficient (Wildman–Crippen LogP) is 6.51. The van der Waals surface area contributed by atoms with E-state index in [9.17, 15) is 4.79 Å². The molecule has 0 fully saturated rings. The van der Waals surface area contributed by atoms with Gasteiger partial charge in [0.25, 0.3) is 5.91 Å². The Morgan fingerprint density at radius 3 is 2.63 bits per heavy atom. The molecule has 0 radical (unpaired) electrons. The maximum Gasteiger partial charge on any atom is 0.260 e. The fourth-order valence-corrected chi connectivity index (χ4v) is 4.62. The highest BCUT2D eigenvalue weighted by Gasteiger charge is 2.23. The molecule has 0 aliphatic carbocycles. The van der Waals surface area contributed by atoms with Crippen LogP contribution in [0.2, 0.25) is 0 Å². The van der Waals surface area contributed by atoms with Crippen LogP contribution < -0.4 is 4.90 Å². The lowest BCUT2D eigenvalue weighted by Gasteiger charge is -2.19. The minimum absolute atomic E-state index is 0.0921. The molecule has 4 nitrogen and oxygen atoms in total. The van der Waals surface area contributed by atoms with E-state index >= 15 is 0 Å². The van der Waals surface area contributed by atoms with Gasteiger partial charge in [-0.1, -0.05) is 47.7 Å². The zero-order chi connectivity index (χ0) is 20.7. The summed E-state index contributed by atoms with van der Waals surface area (Å²) in [5.74, 6) is 0.627. The molecule has 0 spiro atoms. The van der Waals surface area contributed by atoms with Crippen molar-refractivity contribution >= 4 is 43.4 Å². The Labute approximate surface area is 178 Å². The Balaban J connectivity index is 1.60. The topological polar surface area (TPSA) is 46.3 Å². The third-order valence-electron chi connectivity index (χ3n) is 5.44. The fraction of sp³-hybridized carbons (Fsp3) is 0.120. The second kappa shape index (κ2) is 7.43. The SMILES string of the molecule is Cc1ccc2sc(N(Cc3ccco3)C(=O)c3ccc4ccccc4c3)nc2c1C. The fourth-order valence-electron chi connectivity index (χ4n) is 3.59. The summed E-state index contributed by atoms with van der Waals surface area (Å²) < 4.78 is 6.61. The van der Waals surface area contributed by atoms with E-state index in [1.54, 1.807) is 11.2 Å². The van der Waals surface area contributed by atoms with E-state index in [0.29, 0.717) is 17.2 Å². The van der Waals surface area contributed by atoms with Crippen molar-refractivity contribution in [2.75, 3.05) is 4.90 Å². The molecule has 0 saturated carbocycles. The molecule has 0 bridgehead atoms. The third kappa shape index (κ3) is 3.27. The van der Waals surface area contributed by atoms with Gasteiger partial charge in [0.1, 0.15) is 5.76 Å². The van der Waals surface area contributed by atoms with Crippen LogP contribution in [0.4, 0.5) is 5.13 Å². The molecular formula is C25H20N2O2S. The normalized spacial score (nSPS) is 11.3. The molecule has 5 aromatic rings. The molecule has 5 rings (SSSR count). The number of rotatable bonds is 4. The Morgan fingerprint density at radius 1 is 1.00 bits per heavy atom. The third-order valence-corrected chi connectivity index (χ3v) is 6.48. The molecule has 0 aliphatic heterocycles. The lowest BCUT2D eigenvalue weighted by molar-refractivity contribution is 0.0983. The molecule has 2 heterocycles. The first-order valence-corrected chi connectivity index (χ1v) is 10.6. The van der Waals surface area contributed by atoms with Crippen LogP contribution in [0, 0.1) is 13.8 Å². The van der Waals surface area contributed by atoms with Crippen LogP contribution in [0.15, 0.2) is 77.4 Å². The molecular weight excluding hydrogens is 392 g/mol. The van der Waals surface area contributed by atoms with E-state index in [2.05, 4.69) is 26.0 Å². The van der Waals surface area contributed by atoms with Gasteiger partial charge in [0.2, 0.25) is 0 Å². The number of aromatic nitrogens is 1. The first-order chi connectivity index (χ1) is 14.6. The number of thiazole rings is 1. The summed E-state index contributed by atoms with van der Waals surface area (Å²) in [6, 6.07) is 21.7. The van der Waals surface area contributed by atoms with E-state index < -0.39 is 0 Å². The minimum atomic E-state index is -0.0921. The van der Waals surface area contributed by atoms with Gasteiger partial charge in [-0.15, -0.1) is 0 Å². The van der Waals surface area contributed by atoms with Crippen molar-refractivity contribution in [1.82, 2.24) is 4.98 Å². The number of carbonyl (C=O) groups is 1. The summed E-state index contributed by atoms with van der Waals surface area (Å²) in [7, 11) is 0. The molecule has 148 valence electrons. The molecule has 5 heteroatoms. The highest BCUT2D eigenvalue weighted by atomic mass is 32.1. The summed E-state index contributed by atoms with van der Waals surface area (Å²) in [5, 5.41) is 2.82. The van der Waals surface area contributed by atoms with Gasteiger partial charge in [-0.2, -0.15) is 0 Å². The number of nitrogens with zero attached hydrogens (tertiary/aromatic N) is 2. The lowest BCUT2D eigenvalue weighted by Crippen LogP contribution is -2.30. The molecule has 1 amide bonds. The molecule has 3 aromatic carbocycles. The Hall–Kier alpha value is -3.44. The monoisotopic (exact) mass is 412 g/mol. The van der Waals surface area contributed by atoms with Gasteiger partial charge in [0.05, 0.1) is 23.0 Å². The lowest BCUT2D eigenvalue weighted by atomic mass is 10.1. The second-order valence-electron chi connectivity index (χ2n) is 7.38. The van der Waals surface area contributed by atoms with Crippen molar-refractivity contribution in [3.63, 3.8) is 0 Å². The van der Waals surface area contributed by atoms with Gasteiger partial charge in [-0.3, -0.25) is 9.69 Å². The Kier molecular flexibility index (Phi) is 4.60. The minimum Gasteiger partial charge on any atom is -0.467 e. The number of hydrogen-bond donors (Lipinski definition) is 0. The van der Waals surface area contributed by atoms with Crippen molar-refractivity contribution in [3.8, 4) is 0 Å². The maximum absolute atomic E-state index is 13.6. The quantitative estimate of drug-likeness (QED) is 0.338. The summed E-state index contributed by atoms with van der Waals surface area (Å²) in [6.45, 7) is 4.48. The number of carbonyl (C=O) groups excluding carboxylic acids is 1. The van der Waals surface area contributed by atoms with Gasteiger partial charge in [0, 0.05) is 5.56 Å². The average molecular weight is 413 g/mol. The van der Waals surface area contributed by atoms with Crippen molar-refractivity contribution < 1.29 is 9.21 Å². The molecule has 2 aromatic heterocycles. The van der Waals surface area contributed by atoms with Gasteiger partial charge in [-0.25, -0.2) is 4.98 Å². The van der Waals surface area contributed by atoms with E-state index in [4.69, 9.17) is 9.40 Å². The van der Waals surface area contributed by atoms with Crippen LogP contribution in [0.25, 0.3) is 21.0 Å². The molecule has 0 aliphatic rings. The highest BCUT2D eigenvalue weighted by Crippen LogP contribution is 2.33. The van der Waals surface area contributed by atoms with Gasteiger partial charge >= 0.3 is 0 Å². The zero-order valence-electron chi connectivity index (χ0n) is 16.8. The van der Waals surface area contributed by atoms with Crippen molar-refractivity contribution in [1.29, 1.82) is 0 Å². The largest absolute Gasteiger partial charge is 0.467 e. The number of aryl methyl sites for hydroxylation is 2. The standard InChI is InChI=1S/C25H20N2O2S/c1-16-9-12-22-23(17(16)2)26-25(30-22)27(15-21-8-5-13-29-21)24(28)20-11-10-18-6-3-4-7-19(18)14-20/h3-14H,15H2,1-2H3. The van der Waals surface area contributed by atoms with Crippen molar-refractivity contribution in [2.45, 2.75) is 20.4 Å². The van der Waals surface area contributed by atoms with Gasteiger partial charge in [0.15, 0.2) is 5.13 Å². The van der Waals surface area contributed by atoms with Crippen LogP contribution in [0.5, 0.6) is 0 Å². The maximum atomic E-state index is 13.6. The first-order valence-electron chi connectivity index (χ1n) is 9.80. The van der Waals surface area contributed by atoms with E-state index in [0.717, 1.165) is 32.3 Å². The number of benzene rings is 3. The molecule has 0 saturated heterocycles. The number of hydrogen-bond acceptors (Lipinski definition) is 4. The molecule has 0 unspecified atom stereocenters. The average Bonchev–Trinajstić information content (AvgIpc) is 3.44. The van der Waals surface area contributed by atoms with E-state index in [1.165, 1.54) is 16.9 Å². The Morgan fingerprint density at radius 2 is 1.83 bits per heavy atom. The summed E-state index contributed by atoms with van der Waals surface area (Å²) in [5.41, 5.74) is 3.92. The zero-order valence-corrected chi connectivity index (χ0v) is 17.6. The first kappa shape index (κ1) is 18.6. The van der Waals surface area contributed by atoms with Crippen LogP contribution >= 0.6 is 11.3 Å². The summed E-state index contributed by atoms with van der Waals surface area (Å²) in [4.78, 5) is 20.2. The van der Waals surface area contributed by atoms with Crippen LogP contribution in [0.3, 0.4) is 0 Å². The number of amides is 1. The van der Waals surface area contributed by atoms with Crippen molar-refractivity contribution in [3.05, 3.63) is 95.4 Å². The van der Waals surface area contributed by atoms with E-state index in [-0.39, 0.29) is 5.91 Å².